The molecule has 1 aromatic rings. The van der Waals surface area contributed by atoms with E-state index in [0.717, 1.165) is 38.0 Å². The summed E-state index contributed by atoms with van der Waals surface area (Å²) in [5, 5.41) is 0. The average Bonchev–Trinajstić information content (AvgIpc) is 2.69. The molecule has 0 aromatic carbocycles. The molecule has 1 unspecified atom stereocenters. The second kappa shape index (κ2) is 4.62. The molecule has 0 spiro atoms. The van der Waals surface area contributed by atoms with Gasteiger partial charge in [0, 0.05) is 25.4 Å². The monoisotopic (exact) mass is 207 g/mol. The first-order chi connectivity index (χ1) is 7.25. The van der Waals surface area contributed by atoms with Gasteiger partial charge < -0.3 is 9.30 Å². The third kappa shape index (κ3) is 2.69. The lowest BCUT2D eigenvalue weighted by atomic mass is 10.2. The summed E-state index contributed by atoms with van der Waals surface area (Å²) in [5.74, 6) is 0. The predicted octanol–water partition coefficient (Wildman–Crippen LogP) is 1.73. The molecule has 0 saturated carbocycles. The zero-order valence-corrected chi connectivity index (χ0v) is 9.11. The van der Waals surface area contributed by atoms with Crippen LogP contribution >= 0.6 is 0 Å². The predicted molar refractivity (Wildman–Crippen MR) is 59.0 cm³/mol. The summed E-state index contributed by atoms with van der Waals surface area (Å²) >= 11 is 0. The highest BCUT2D eigenvalue weighted by molar-refractivity contribution is 5.07. The Hall–Kier alpha value is -1.09. The lowest BCUT2D eigenvalue weighted by Crippen LogP contribution is -2.21. The summed E-state index contributed by atoms with van der Waals surface area (Å²) in [4.78, 5) is 11.6. The molecule has 3 heteroatoms. The second-order valence-electron chi connectivity index (χ2n) is 4.16. The number of aryl methyl sites for hydroxylation is 2. The molecule has 3 nitrogen and oxygen atoms in total. The molecular formula is C12H17NO2. The van der Waals surface area contributed by atoms with E-state index >= 15 is 0 Å². The van der Waals surface area contributed by atoms with Gasteiger partial charge in [-0.15, -0.1) is 0 Å². The van der Waals surface area contributed by atoms with Crippen molar-refractivity contribution in [3.05, 3.63) is 34.2 Å². The first-order valence-corrected chi connectivity index (χ1v) is 5.54. The van der Waals surface area contributed by atoms with Gasteiger partial charge in [0.2, 0.25) is 0 Å². The van der Waals surface area contributed by atoms with E-state index in [0.29, 0.717) is 6.10 Å². The SMILES string of the molecule is Cc1ccn(CCC2CCCO2)c(=O)c1. The molecular weight excluding hydrogens is 190 g/mol. The van der Waals surface area contributed by atoms with Crippen LogP contribution in [-0.2, 0) is 11.3 Å². The van der Waals surface area contributed by atoms with Gasteiger partial charge in [-0.05, 0) is 37.8 Å². The highest BCUT2D eigenvalue weighted by atomic mass is 16.5. The van der Waals surface area contributed by atoms with E-state index in [1.807, 2.05) is 19.2 Å². The Labute approximate surface area is 89.7 Å². The van der Waals surface area contributed by atoms with Crippen LogP contribution in [0.15, 0.2) is 23.1 Å². The van der Waals surface area contributed by atoms with Gasteiger partial charge in [-0.2, -0.15) is 0 Å². The maximum Gasteiger partial charge on any atom is 0.250 e. The van der Waals surface area contributed by atoms with Crippen LogP contribution in [-0.4, -0.2) is 17.3 Å². The summed E-state index contributed by atoms with van der Waals surface area (Å²) in [6.07, 6.45) is 5.47. The molecule has 1 aliphatic heterocycles. The zero-order valence-electron chi connectivity index (χ0n) is 9.11. The van der Waals surface area contributed by atoms with Crippen molar-refractivity contribution < 1.29 is 4.74 Å². The van der Waals surface area contributed by atoms with E-state index < -0.39 is 0 Å². The Morgan fingerprint density at radius 2 is 2.47 bits per heavy atom. The number of nitrogens with zero attached hydrogens (tertiary/aromatic N) is 1. The van der Waals surface area contributed by atoms with E-state index in [9.17, 15) is 4.79 Å². The van der Waals surface area contributed by atoms with Crippen molar-refractivity contribution in [1.29, 1.82) is 0 Å². The van der Waals surface area contributed by atoms with Crippen LogP contribution in [0.2, 0.25) is 0 Å². The maximum absolute atomic E-state index is 11.6. The Morgan fingerprint density at radius 1 is 1.60 bits per heavy atom. The molecule has 15 heavy (non-hydrogen) atoms. The van der Waals surface area contributed by atoms with Gasteiger partial charge >= 0.3 is 0 Å². The molecule has 1 atom stereocenters. The molecule has 0 bridgehead atoms. The Bertz CT molecular complexity index is 377. The van der Waals surface area contributed by atoms with Gasteiger partial charge in [-0.1, -0.05) is 0 Å². The van der Waals surface area contributed by atoms with Gasteiger partial charge in [0.25, 0.3) is 5.56 Å². The molecule has 2 heterocycles. The van der Waals surface area contributed by atoms with Crippen LogP contribution in [0.1, 0.15) is 24.8 Å². The number of aromatic nitrogens is 1. The number of hydrogen-bond acceptors (Lipinski definition) is 2. The lowest BCUT2D eigenvalue weighted by Gasteiger charge is -2.10. The van der Waals surface area contributed by atoms with E-state index in [1.54, 1.807) is 10.6 Å². The van der Waals surface area contributed by atoms with E-state index in [4.69, 9.17) is 4.74 Å². The topological polar surface area (TPSA) is 31.2 Å². The highest BCUT2D eigenvalue weighted by Crippen LogP contribution is 2.15. The van der Waals surface area contributed by atoms with Crippen LogP contribution < -0.4 is 5.56 Å². The molecule has 0 N–H and O–H groups in total. The molecule has 2 rings (SSSR count). The largest absolute Gasteiger partial charge is 0.378 e. The fourth-order valence-electron chi connectivity index (χ4n) is 1.95. The quantitative estimate of drug-likeness (QED) is 0.755. The Kier molecular flexibility index (Phi) is 3.21. The van der Waals surface area contributed by atoms with E-state index in [1.165, 1.54) is 0 Å². The molecule has 0 amide bonds. The van der Waals surface area contributed by atoms with Crippen LogP contribution in [0, 0.1) is 6.92 Å². The fraction of sp³-hybridized carbons (Fsp3) is 0.583. The number of ether oxygens (including phenoxy) is 1. The van der Waals surface area contributed by atoms with Crippen LogP contribution in [0.5, 0.6) is 0 Å². The Balaban J connectivity index is 1.95. The molecule has 1 aliphatic rings. The lowest BCUT2D eigenvalue weighted by molar-refractivity contribution is 0.100. The summed E-state index contributed by atoms with van der Waals surface area (Å²) < 4.78 is 7.28. The second-order valence-corrected chi connectivity index (χ2v) is 4.16. The third-order valence-electron chi connectivity index (χ3n) is 2.87. The average molecular weight is 207 g/mol. The van der Waals surface area contributed by atoms with Crippen molar-refractivity contribution in [2.75, 3.05) is 6.61 Å². The van der Waals surface area contributed by atoms with Crippen molar-refractivity contribution in [2.24, 2.45) is 0 Å². The minimum Gasteiger partial charge on any atom is -0.378 e. The van der Waals surface area contributed by atoms with E-state index in [2.05, 4.69) is 0 Å². The van der Waals surface area contributed by atoms with Crippen molar-refractivity contribution in [1.82, 2.24) is 4.57 Å². The summed E-state index contributed by atoms with van der Waals surface area (Å²) in [6, 6.07) is 3.65. The van der Waals surface area contributed by atoms with Crippen LogP contribution in [0.4, 0.5) is 0 Å². The summed E-state index contributed by atoms with van der Waals surface area (Å²) in [5.41, 5.74) is 1.11. The van der Waals surface area contributed by atoms with Gasteiger partial charge in [0.05, 0.1) is 6.10 Å². The standard InChI is InChI=1S/C12H17NO2/c1-10-4-6-13(12(14)9-10)7-5-11-3-2-8-15-11/h4,6,9,11H,2-3,5,7-8H2,1H3. The van der Waals surface area contributed by atoms with Crippen LogP contribution in [0.3, 0.4) is 0 Å². The molecule has 1 fully saturated rings. The summed E-state index contributed by atoms with van der Waals surface area (Å²) in [7, 11) is 0. The van der Waals surface area contributed by atoms with Crippen LogP contribution in [0.25, 0.3) is 0 Å². The smallest absolute Gasteiger partial charge is 0.250 e. The molecule has 0 aliphatic carbocycles. The fourth-order valence-corrected chi connectivity index (χ4v) is 1.95. The van der Waals surface area contributed by atoms with Crippen molar-refractivity contribution >= 4 is 0 Å². The van der Waals surface area contributed by atoms with Gasteiger partial charge in [0.1, 0.15) is 0 Å². The van der Waals surface area contributed by atoms with Gasteiger partial charge in [0.15, 0.2) is 0 Å². The maximum atomic E-state index is 11.6. The van der Waals surface area contributed by atoms with Crippen molar-refractivity contribution in [2.45, 2.75) is 38.8 Å². The molecule has 0 radical (unpaired) electrons. The third-order valence-corrected chi connectivity index (χ3v) is 2.87. The minimum atomic E-state index is 0.0907. The van der Waals surface area contributed by atoms with Crippen molar-refractivity contribution in [3.8, 4) is 0 Å². The van der Waals surface area contributed by atoms with Gasteiger partial charge in [-0.25, -0.2) is 0 Å². The highest BCUT2D eigenvalue weighted by Gasteiger charge is 2.14. The number of hydrogen-bond donors (Lipinski definition) is 0. The Morgan fingerprint density at radius 3 is 3.13 bits per heavy atom. The van der Waals surface area contributed by atoms with E-state index in [-0.39, 0.29) is 5.56 Å². The van der Waals surface area contributed by atoms with Gasteiger partial charge in [-0.3, -0.25) is 4.79 Å². The zero-order chi connectivity index (χ0) is 10.7. The molecule has 1 saturated heterocycles. The normalized spacial score (nSPS) is 20.7. The number of pyridine rings is 1. The molecule has 82 valence electrons. The minimum absolute atomic E-state index is 0.0907. The summed E-state index contributed by atoms with van der Waals surface area (Å²) in [6.45, 7) is 3.59. The number of rotatable bonds is 3. The first kappa shape index (κ1) is 10.4. The molecule has 1 aromatic heterocycles. The first-order valence-electron chi connectivity index (χ1n) is 5.54. The van der Waals surface area contributed by atoms with Crippen molar-refractivity contribution in [3.63, 3.8) is 0 Å².